The van der Waals surface area contributed by atoms with E-state index < -0.39 is 0 Å². The largest absolute Gasteiger partial charge is 0.340 e. The molecule has 0 amide bonds. The highest BCUT2D eigenvalue weighted by molar-refractivity contribution is 5.34. The summed E-state index contributed by atoms with van der Waals surface area (Å²) in [6.07, 6.45) is 2.53. The average Bonchev–Trinajstić information content (AvgIpc) is 2.47. The van der Waals surface area contributed by atoms with Gasteiger partial charge in [-0.15, -0.1) is 0 Å². The van der Waals surface area contributed by atoms with Crippen molar-refractivity contribution in [3.8, 4) is 0 Å². The van der Waals surface area contributed by atoms with Crippen molar-refractivity contribution in [3.63, 3.8) is 0 Å². The monoisotopic (exact) mass is 290 g/mol. The number of hydrogen-bond acceptors (Lipinski definition) is 4. The zero-order valence-electron chi connectivity index (χ0n) is 14.2. The summed E-state index contributed by atoms with van der Waals surface area (Å²) in [6, 6.07) is 2.67. The summed E-state index contributed by atoms with van der Waals surface area (Å²) < 4.78 is 0. The molecule has 2 unspecified atom stereocenters. The molecule has 1 N–H and O–H groups in total. The molecule has 1 fully saturated rings. The molecule has 1 aromatic heterocycles. The topological polar surface area (TPSA) is 41.0 Å². The van der Waals surface area contributed by atoms with Crippen molar-refractivity contribution in [3.05, 3.63) is 17.5 Å². The molecule has 21 heavy (non-hydrogen) atoms. The van der Waals surface area contributed by atoms with Crippen LogP contribution in [0.15, 0.2) is 6.07 Å². The highest BCUT2D eigenvalue weighted by atomic mass is 15.3. The minimum Gasteiger partial charge on any atom is -0.340 e. The smallest absolute Gasteiger partial charge is 0.225 e. The van der Waals surface area contributed by atoms with Crippen LogP contribution >= 0.6 is 0 Å². The molecular weight excluding hydrogens is 260 g/mol. The number of rotatable bonds is 5. The Bertz CT molecular complexity index is 458. The highest BCUT2D eigenvalue weighted by Crippen LogP contribution is 2.24. The van der Waals surface area contributed by atoms with Crippen molar-refractivity contribution in [2.45, 2.75) is 59.4 Å². The van der Waals surface area contributed by atoms with Crippen molar-refractivity contribution in [1.82, 2.24) is 15.3 Å². The lowest BCUT2D eigenvalue weighted by molar-refractivity contribution is 0.322. The van der Waals surface area contributed by atoms with Gasteiger partial charge >= 0.3 is 0 Å². The molecule has 2 rings (SSSR count). The standard InChI is InChI=1S/C17H30N4/c1-6-18-14(5)15-8-7-9-21(11-15)17-19-13(4)10-16(20-17)12(2)3/h10,12,14-15,18H,6-9,11H2,1-5H3. The van der Waals surface area contributed by atoms with Crippen LogP contribution in [0.25, 0.3) is 0 Å². The van der Waals surface area contributed by atoms with E-state index in [1.807, 2.05) is 0 Å². The number of aromatic nitrogens is 2. The molecule has 0 saturated carbocycles. The summed E-state index contributed by atoms with van der Waals surface area (Å²) in [6.45, 7) is 14.1. The van der Waals surface area contributed by atoms with Gasteiger partial charge in [0.15, 0.2) is 0 Å². The van der Waals surface area contributed by atoms with E-state index in [4.69, 9.17) is 4.98 Å². The Kier molecular flexibility index (Phi) is 5.57. The van der Waals surface area contributed by atoms with Crippen LogP contribution in [-0.4, -0.2) is 35.6 Å². The Morgan fingerprint density at radius 3 is 2.76 bits per heavy atom. The molecule has 0 spiro atoms. The number of hydrogen-bond donors (Lipinski definition) is 1. The van der Waals surface area contributed by atoms with E-state index in [1.54, 1.807) is 0 Å². The summed E-state index contributed by atoms with van der Waals surface area (Å²) in [5.41, 5.74) is 2.23. The highest BCUT2D eigenvalue weighted by Gasteiger charge is 2.26. The first-order chi connectivity index (χ1) is 10.0. The maximum absolute atomic E-state index is 4.79. The molecule has 0 aromatic carbocycles. The lowest BCUT2D eigenvalue weighted by atomic mass is 9.91. The van der Waals surface area contributed by atoms with Gasteiger partial charge in [0.1, 0.15) is 0 Å². The maximum Gasteiger partial charge on any atom is 0.225 e. The van der Waals surface area contributed by atoms with Gasteiger partial charge in [-0.1, -0.05) is 20.8 Å². The third kappa shape index (κ3) is 4.16. The second-order valence-electron chi connectivity index (χ2n) is 6.58. The van der Waals surface area contributed by atoms with E-state index in [1.165, 1.54) is 12.8 Å². The summed E-state index contributed by atoms with van der Waals surface area (Å²) >= 11 is 0. The van der Waals surface area contributed by atoms with Gasteiger partial charge in [0.25, 0.3) is 0 Å². The first kappa shape index (κ1) is 16.2. The Morgan fingerprint density at radius 2 is 2.10 bits per heavy atom. The third-order valence-corrected chi connectivity index (χ3v) is 4.43. The van der Waals surface area contributed by atoms with Crippen molar-refractivity contribution in [2.24, 2.45) is 5.92 Å². The Morgan fingerprint density at radius 1 is 1.33 bits per heavy atom. The Hall–Kier alpha value is -1.16. The average molecular weight is 290 g/mol. The van der Waals surface area contributed by atoms with Crippen LogP contribution in [0, 0.1) is 12.8 Å². The fourth-order valence-corrected chi connectivity index (χ4v) is 3.10. The lowest BCUT2D eigenvalue weighted by Crippen LogP contribution is -2.45. The molecular formula is C17H30N4. The van der Waals surface area contributed by atoms with E-state index >= 15 is 0 Å². The molecule has 1 saturated heterocycles. The molecule has 0 bridgehead atoms. The van der Waals surface area contributed by atoms with Crippen LogP contribution in [0.2, 0.25) is 0 Å². The molecule has 0 radical (unpaired) electrons. The lowest BCUT2D eigenvalue weighted by Gasteiger charge is -2.36. The number of anilines is 1. The Labute approximate surface area is 129 Å². The third-order valence-electron chi connectivity index (χ3n) is 4.43. The molecule has 2 heterocycles. The molecule has 4 nitrogen and oxygen atoms in total. The second kappa shape index (κ2) is 7.21. The van der Waals surface area contributed by atoms with E-state index in [0.717, 1.165) is 37.0 Å². The van der Waals surface area contributed by atoms with Gasteiger partial charge in [-0.3, -0.25) is 0 Å². The Balaban J connectivity index is 2.14. The first-order valence-corrected chi connectivity index (χ1v) is 8.35. The van der Waals surface area contributed by atoms with Crippen LogP contribution in [0.1, 0.15) is 57.8 Å². The molecule has 0 aliphatic carbocycles. The van der Waals surface area contributed by atoms with Crippen molar-refractivity contribution in [2.75, 3.05) is 24.5 Å². The number of aryl methyl sites for hydroxylation is 1. The van der Waals surface area contributed by atoms with Crippen LogP contribution in [0.3, 0.4) is 0 Å². The predicted molar refractivity (Wildman–Crippen MR) is 88.9 cm³/mol. The zero-order valence-corrected chi connectivity index (χ0v) is 14.2. The fraction of sp³-hybridized carbons (Fsp3) is 0.765. The predicted octanol–water partition coefficient (Wildman–Crippen LogP) is 3.12. The van der Waals surface area contributed by atoms with Gasteiger partial charge in [-0.2, -0.15) is 0 Å². The van der Waals surface area contributed by atoms with Gasteiger partial charge in [0, 0.05) is 30.5 Å². The molecule has 2 atom stereocenters. The number of piperidine rings is 1. The van der Waals surface area contributed by atoms with Crippen LogP contribution in [0.4, 0.5) is 5.95 Å². The van der Waals surface area contributed by atoms with Crippen LogP contribution in [-0.2, 0) is 0 Å². The first-order valence-electron chi connectivity index (χ1n) is 8.35. The van der Waals surface area contributed by atoms with Gasteiger partial charge in [-0.05, 0) is 51.1 Å². The number of nitrogens with one attached hydrogen (secondary N) is 1. The van der Waals surface area contributed by atoms with Crippen LogP contribution < -0.4 is 10.2 Å². The van der Waals surface area contributed by atoms with Gasteiger partial charge in [0.2, 0.25) is 5.95 Å². The summed E-state index contributed by atoms with van der Waals surface area (Å²) in [7, 11) is 0. The quantitative estimate of drug-likeness (QED) is 0.904. The van der Waals surface area contributed by atoms with Gasteiger partial charge in [0.05, 0.1) is 0 Å². The molecule has 1 aliphatic rings. The van der Waals surface area contributed by atoms with Crippen molar-refractivity contribution in [1.29, 1.82) is 0 Å². The van der Waals surface area contributed by atoms with Crippen LogP contribution in [0.5, 0.6) is 0 Å². The van der Waals surface area contributed by atoms with E-state index in [-0.39, 0.29) is 0 Å². The molecule has 118 valence electrons. The van der Waals surface area contributed by atoms with Gasteiger partial charge in [-0.25, -0.2) is 9.97 Å². The molecule has 1 aliphatic heterocycles. The van der Waals surface area contributed by atoms with Crippen molar-refractivity contribution < 1.29 is 0 Å². The normalized spacial score (nSPS) is 20.9. The molecule has 4 heteroatoms. The second-order valence-corrected chi connectivity index (χ2v) is 6.58. The van der Waals surface area contributed by atoms with E-state index in [9.17, 15) is 0 Å². The minimum absolute atomic E-state index is 0.451. The number of nitrogens with zero attached hydrogens (tertiary/aromatic N) is 3. The zero-order chi connectivity index (χ0) is 15.4. The van der Waals surface area contributed by atoms with Crippen molar-refractivity contribution >= 4 is 5.95 Å². The summed E-state index contributed by atoms with van der Waals surface area (Å²) in [5, 5.41) is 3.56. The van der Waals surface area contributed by atoms with E-state index in [2.05, 4.69) is 55.9 Å². The summed E-state index contributed by atoms with van der Waals surface area (Å²) in [4.78, 5) is 11.8. The minimum atomic E-state index is 0.451. The SMILES string of the molecule is CCNC(C)C1CCCN(c2nc(C)cc(C(C)C)n2)C1. The fourth-order valence-electron chi connectivity index (χ4n) is 3.10. The maximum atomic E-state index is 4.79. The summed E-state index contributed by atoms with van der Waals surface area (Å²) in [5.74, 6) is 2.06. The van der Waals surface area contributed by atoms with Gasteiger partial charge < -0.3 is 10.2 Å². The molecule has 1 aromatic rings. The van der Waals surface area contributed by atoms with E-state index in [0.29, 0.717) is 17.9 Å².